The molecule has 7 heteroatoms. The Labute approximate surface area is 114 Å². The zero-order valence-electron chi connectivity index (χ0n) is 10.1. The van der Waals surface area contributed by atoms with Crippen molar-refractivity contribution in [3.63, 3.8) is 0 Å². The SMILES string of the molecule is N#CCCCSc1nnc(-c2ccc(F)cc2)n1N. The van der Waals surface area contributed by atoms with Gasteiger partial charge in [0.2, 0.25) is 5.16 Å². The Balaban J connectivity index is 2.10. The summed E-state index contributed by atoms with van der Waals surface area (Å²) in [6, 6.07) is 7.99. The van der Waals surface area contributed by atoms with Gasteiger partial charge in [-0.1, -0.05) is 11.8 Å². The quantitative estimate of drug-likeness (QED) is 0.515. The molecule has 98 valence electrons. The lowest BCUT2D eigenvalue weighted by molar-refractivity contribution is 0.628. The molecule has 1 aromatic heterocycles. The monoisotopic (exact) mass is 277 g/mol. The van der Waals surface area contributed by atoms with E-state index in [0.29, 0.717) is 23.0 Å². The maximum Gasteiger partial charge on any atom is 0.210 e. The van der Waals surface area contributed by atoms with Gasteiger partial charge < -0.3 is 5.84 Å². The van der Waals surface area contributed by atoms with E-state index in [0.717, 1.165) is 12.2 Å². The van der Waals surface area contributed by atoms with Crippen LogP contribution in [0.2, 0.25) is 0 Å². The lowest BCUT2D eigenvalue weighted by Crippen LogP contribution is -2.11. The third-order valence-corrected chi connectivity index (χ3v) is 3.46. The van der Waals surface area contributed by atoms with E-state index in [9.17, 15) is 4.39 Å². The molecule has 0 aliphatic carbocycles. The van der Waals surface area contributed by atoms with E-state index in [-0.39, 0.29) is 5.82 Å². The number of unbranched alkanes of at least 4 members (excludes halogenated alkanes) is 1. The Morgan fingerprint density at radius 1 is 1.32 bits per heavy atom. The van der Waals surface area contributed by atoms with E-state index in [2.05, 4.69) is 16.3 Å². The van der Waals surface area contributed by atoms with Crippen LogP contribution in [0.4, 0.5) is 4.39 Å². The summed E-state index contributed by atoms with van der Waals surface area (Å²) in [6.45, 7) is 0. The molecule has 2 rings (SSSR count). The van der Waals surface area contributed by atoms with Gasteiger partial charge in [0.15, 0.2) is 5.82 Å². The number of hydrogen-bond donors (Lipinski definition) is 1. The first-order valence-electron chi connectivity index (χ1n) is 5.68. The van der Waals surface area contributed by atoms with Crippen LogP contribution in [0.3, 0.4) is 0 Å². The van der Waals surface area contributed by atoms with E-state index in [4.69, 9.17) is 11.1 Å². The number of hydrogen-bond acceptors (Lipinski definition) is 5. The fraction of sp³-hybridized carbons (Fsp3) is 0.250. The molecule has 0 atom stereocenters. The van der Waals surface area contributed by atoms with Gasteiger partial charge in [-0.2, -0.15) is 5.26 Å². The molecule has 0 amide bonds. The number of nitrogen functional groups attached to an aromatic ring is 1. The van der Waals surface area contributed by atoms with Crippen molar-refractivity contribution in [1.29, 1.82) is 5.26 Å². The van der Waals surface area contributed by atoms with Crippen molar-refractivity contribution in [2.75, 3.05) is 11.6 Å². The number of nitriles is 1. The van der Waals surface area contributed by atoms with Gasteiger partial charge in [0.25, 0.3) is 0 Å². The minimum absolute atomic E-state index is 0.307. The highest BCUT2D eigenvalue weighted by Gasteiger charge is 2.11. The first-order valence-corrected chi connectivity index (χ1v) is 6.67. The van der Waals surface area contributed by atoms with Gasteiger partial charge in [-0.15, -0.1) is 10.2 Å². The van der Waals surface area contributed by atoms with Crippen molar-refractivity contribution in [2.24, 2.45) is 0 Å². The van der Waals surface area contributed by atoms with Gasteiger partial charge in [-0.3, -0.25) is 0 Å². The summed E-state index contributed by atoms with van der Waals surface area (Å²) < 4.78 is 14.2. The molecule has 5 nitrogen and oxygen atoms in total. The van der Waals surface area contributed by atoms with E-state index in [1.807, 2.05) is 0 Å². The molecule has 0 radical (unpaired) electrons. The highest BCUT2D eigenvalue weighted by Crippen LogP contribution is 2.22. The Bertz CT molecular complexity index is 587. The molecule has 2 N–H and O–H groups in total. The van der Waals surface area contributed by atoms with Crippen LogP contribution >= 0.6 is 11.8 Å². The maximum atomic E-state index is 12.8. The molecular weight excluding hydrogens is 265 g/mol. The maximum absolute atomic E-state index is 12.8. The van der Waals surface area contributed by atoms with Crippen molar-refractivity contribution >= 4 is 11.8 Å². The Morgan fingerprint density at radius 3 is 2.74 bits per heavy atom. The van der Waals surface area contributed by atoms with Crippen molar-refractivity contribution in [1.82, 2.24) is 14.9 Å². The summed E-state index contributed by atoms with van der Waals surface area (Å²) in [4.78, 5) is 0. The van der Waals surface area contributed by atoms with Crippen LogP contribution in [0.1, 0.15) is 12.8 Å². The van der Waals surface area contributed by atoms with Gasteiger partial charge in [-0.25, -0.2) is 9.07 Å². The number of thioether (sulfide) groups is 1. The largest absolute Gasteiger partial charge is 0.335 e. The molecule has 0 saturated heterocycles. The van der Waals surface area contributed by atoms with Crippen molar-refractivity contribution in [3.05, 3.63) is 30.1 Å². The van der Waals surface area contributed by atoms with E-state index in [1.165, 1.54) is 28.6 Å². The molecule has 0 saturated carbocycles. The minimum Gasteiger partial charge on any atom is -0.335 e. The highest BCUT2D eigenvalue weighted by atomic mass is 32.2. The standard InChI is InChI=1S/C12H12FN5S/c13-10-5-3-9(4-6-10)11-16-17-12(18(11)15)19-8-2-1-7-14/h3-6H,1-2,8,15H2. The van der Waals surface area contributed by atoms with E-state index >= 15 is 0 Å². The molecule has 0 aliphatic heterocycles. The topological polar surface area (TPSA) is 80.5 Å². The van der Waals surface area contributed by atoms with Crippen LogP contribution in [0, 0.1) is 17.1 Å². The molecule has 0 bridgehead atoms. The molecule has 0 aliphatic rings. The predicted molar refractivity (Wildman–Crippen MR) is 71.1 cm³/mol. The normalized spacial score (nSPS) is 10.3. The van der Waals surface area contributed by atoms with Crippen molar-refractivity contribution in [3.8, 4) is 17.5 Å². The zero-order chi connectivity index (χ0) is 13.7. The Hall–Kier alpha value is -2.07. The molecule has 0 unspecified atom stereocenters. The number of nitrogens with zero attached hydrogens (tertiary/aromatic N) is 4. The third-order valence-electron chi connectivity index (χ3n) is 2.43. The second-order valence-electron chi connectivity index (χ2n) is 3.79. The zero-order valence-corrected chi connectivity index (χ0v) is 10.9. The fourth-order valence-electron chi connectivity index (χ4n) is 1.49. The summed E-state index contributed by atoms with van der Waals surface area (Å²) in [6.07, 6.45) is 1.29. The van der Waals surface area contributed by atoms with Crippen molar-refractivity contribution in [2.45, 2.75) is 18.0 Å². The number of nitrogens with two attached hydrogens (primary N) is 1. The van der Waals surface area contributed by atoms with Crippen molar-refractivity contribution < 1.29 is 4.39 Å². The second-order valence-corrected chi connectivity index (χ2v) is 4.86. The van der Waals surface area contributed by atoms with Crippen LogP contribution in [0.5, 0.6) is 0 Å². The van der Waals surface area contributed by atoms with E-state index in [1.54, 1.807) is 12.1 Å². The van der Waals surface area contributed by atoms with Crippen LogP contribution in [-0.2, 0) is 0 Å². The Morgan fingerprint density at radius 2 is 2.05 bits per heavy atom. The smallest absolute Gasteiger partial charge is 0.210 e. The lowest BCUT2D eigenvalue weighted by Gasteiger charge is -2.03. The molecule has 1 aromatic carbocycles. The highest BCUT2D eigenvalue weighted by molar-refractivity contribution is 7.99. The third kappa shape index (κ3) is 3.23. The number of aromatic nitrogens is 3. The summed E-state index contributed by atoms with van der Waals surface area (Å²) in [5, 5.41) is 17.0. The van der Waals surface area contributed by atoms with Gasteiger partial charge in [0.1, 0.15) is 5.82 Å². The average molecular weight is 277 g/mol. The Kier molecular flexibility index (Phi) is 4.36. The average Bonchev–Trinajstić information content (AvgIpc) is 2.77. The number of halogens is 1. The van der Waals surface area contributed by atoms with Gasteiger partial charge >= 0.3 is 0 Å². The minimum atomic E-state index is -0.307. The first-order chi connectivity index (χ1) is 9.22. The number of benzene rings is 1. The van der Waals surface area contributed by atoms with Crippen LogP contribution in [0.15, 0.2) is 29.4 Å². The van der Waals surface area contributed by atoms with Gasteiger partial charge in [0.05, 0.1) is 6.07 Å². The lowest BCUT2D eigenvalue weighted by atomic mass is 10.2. The first kappa shape index (κ1) is 13.4. The van der Waals surface area contributed by atoms with Crippen LogP contribution in [-0.4, -0.2) is 20.6 Å². The van der Waals surface area contributed by atoms with Gasteiger partial charge in [-0.05, 0) is 30.7 Å². The van der Waals surface area contributed by atoms with E-state index < -0.39 is 0 Å². The summed E-state index contributed by atoms with van der Waals surface area (Å²) in [5.74, 6) is 6.84. The second kappa shape index (κ2) is 6.20. The van der Waals surface area contributed by atoms with Gasteiger partial charge in [0, 0.05) is 17.7 Å². The molecule has 0 fully saturated rings. The summed E-state index contributed by atoms with van der Waals surface area (Å²) >= 11 is 1.44. The summed E-state index contributed by atoms with van der Waals surface area (Å²) in [5.41, 5.74) is 0.709. The predicted octanol–water partition coefficient (Wildman–Crippen LogP) is 2.19. The van der Waals surface area contributed by atoms with Crippen LogP contribution in [0.25, 0.3) is 11.4 Å². The number of rotatable bonds is 5. The summed E-state index contributed by atoms with van der Waals surface area (Å²) in [7, 11) is 0. The fourth-order valence-corrected chi connectivity index (χ4v) is 2.28. The van der Waals surface area contributed by atoms with Crippen LogP contribution < -0.4 is 5.84 Å². The molecule has 0 spiro atoms. The molecular formula is C12H12FN5S. The molecule has 2 aromatic rings. The molecule has 19 heavy (non-hydrogen) atoms. The molecule has 1 heterocycles.